The van der Waals surface area contributed by atoms with E-state index in [0.717, 1.165) is 18.7 Å². The minimum atomic E-state index is -3.86. The smallest absolute Gasteiger partial charge is 0.253 e. The Morgan fingerprint density at radius 1 is 1.06 bits per heavy atom. The van der Waals surface area contributed by atoms with Gasteiger partial charge in [-0.3, -0.25) is 9.69 Å². The highest BCUT2D eigenvalue weighted by Crippen LogP contribution is 2.29. The fraction of sp³-hybridized carbons (Fsp3) is 0.435. The molecule has 1 aliphatic rings. The number of rotatable bonds is 7. The van der Waals surface area contributed by atoms with Crippen LogP contribution in [0.5, 0.6) is 5.75 Å². The molecule has 168 valence electrons. The van der Waals surface area contributed by atoms with Gasteiger partial charge in [0.05, 0.1) is 7.11 Å². The SMILES string of the molecule is COc1ccc(C(=O)N2CCN(C(C)C)CC2)cc1S(=O)(=O)N(C)Cc1ccccc1. The van der Waals surface area contributed by atoms with Gasteiger partial charge in [-0.05, 0) is 37.6 Å². The number of methoxy groups -OCH3 is 1. The van der Waals surface area contributed by atoms with Crippen LogP contribution in [0.1, 0.15) is 29.8 Å². The molecule has 1 amide bonds. The van der Waals surface area contributed by atoms with Gasteiger partial charge >= 0.3 is 0 Å². The van der Waals surface area contributed by atoms with Gasteiger partial charge in [-0.1, -0.05) is 30.3 Å². The number of hydrogen-bond acceptors (Lipinski definition) is 5. The third-order valence-electron chi connectivity index (χ3n) is 5.68. The van der Waals surface area contributed by atoms with Crippen molar-refractivity contribution in [3.8, 4) is 5.75 Å². The van der Waals surface area contributed by atoms with Gasteiger partial charge in [0, 0.05) is 51.4 Å². The average molecular weight is 446 g/mol. The first kappa shape index (κ1) is 23.2. The van der Waals surface area contributed by atoms with Gasteiger partial charge in [0.1, 0.15) is 10.6 Å². The molecule has 0 N–H and O–H groups in total. The molecular weight excluding hydrogens is 414 g/mol. The molecule has 1 fully saturated rings. The molecule has 31 heavy (non-hydrogen) atoms. The molecule has 1 heterocycles. The number of nitrogens with zero attached hydrogens (tertiary/aromatic N) is 3. The van der Waals surface area contributed by atoms with Gasteiger partial charge in [-0.15, -0.1) is 0 Å². The molecule has 7 nitrogen and oxygen atoms in total. The van der Waals surface area contributed by atoms with Gasteiger partial charge in [0.2, 0.25) is 10.0 Å². The fourth-order valence-corrected chi connectivity index (χ4v) is 5.07. The van der Waals surface area contributed by atoms with Gasteiger partial charge in [-0.2, -0.15) is 4.31 Å². The summed E-state index contributed by atoms with van der Waals surface area (Å²) in [7, 11) is -0.899. The van der Waals surface area contributed by atoms with Crippen LogP contribution in [0.4, 0.5) is 0 Å². The summed E-state index contributed by atoms with van der Waals surface area (Å²) in [5, 5.41) is 0. The predicted octanol–water partition coefficient (Wildman–Crippen LogP) is 2.68. The molecule has 1 saturated heterocycles. The second kappa shape index (κ2) is 9.80. The topological polar surface area (TPSA) is 70.2 Å². The molecule has 0 bridgehead atoms. The van der Waals surface area contributed by atoms with E-state index in [-0.39, 0.29) is 23.1 Å². The zero-order valence-corrected chi connectivity index (χ0v) is 19.4. The number of carbonyl (C=O) groups is 1. The molecule has 0 aromatic heterocycles. The average Bonchev–Trinajstić information content (AvgIpc) is 2.78. The van der Waals surface area contributed by atoms with Crippen molar-refractivity contribution in [2.24, 2.45) is 0 Å². The van der Waals surface area contributed by atoms with Crippen LogP contribution >= 0.6 is 0 Å². The highest BCUT2D eigenvalue weighted by Gasteiger charge is 2.28. The van der Waals surface area contributed by atoms with Crippen LogP contribution in [0, 0.1) is 0 Å². The van der Waals surface area contributed by atoms with Crippen molar-refractivity contribution in [3.63, 3.8) is 0 Å². The summed E-state index contributed by atoms with van der Waals surface area (Å²) < 4.78 is 33.2. The van der Waals surface area contributed by atoms with Crippen LogP contribution in [0.3, 0.4) is 0 Å². The summed E-state index contributed by atoms with van der Waals surface area (Å²) in [5.74, 6) is 0.0642. The quantitative estimate of drug-likeness (QED) is 0.655. The van der Waals surface area contributed by atoms with Crippen LogP contribution in [0.15, 0.2) is 53.4 Å². The van der Waals surface area contributed by atoms with Crippen LogP contribution in [0.2, 0.25) is 0 Å². The van der Waals surface area contributed by atoms with E-state index in [1.165, 1.54) is 24.5 Å². The Morgan fingerprint density at radius 3 is 2.29 bits per heavy atom. The number of hydrogen-bond donors (Lipinski definition) is 0. The summed E-state index contributed by atoms with van der Waals surface area (Å²) in [6, 6.07) is 14.4. The van der Waals surface area contributed by atoms with E-state index in [1.54, 1.807) is 17.0 Å². The number of sulfonamides is 1. The predicted molar refractivity (Wildman–Crippen MR) is 121 cm³/mol. The first-order chi connectivity index (χ1) is 14.7. The largest absolute Gasteiger partial charge is 0.495 e. The Balaban J connectivity index is 1.84. The van der Waals surface area contributed by atoms with Crippen LogP contribution < -0.4 is 4.74 Å². The maximum atomic E-state index is 13.3. The molecule has 0 aliphatic carbocycles. The molecule has 0 saturated carbocycles. The Kier molecular flexibility index (Phi) is 7.35. The third kappa shape index (κ3) is 5.26. The molecule has 8 heteroatoms. The molecule has 0 atom stereocenters. The van der Waals surface area contributed by atoms with Crippen molar-refractivity contribution in [1.82, 2.24) is 14.1 Å². The monoisotopic (exact) mass is 445 g/mol. The Bertz CT molecular complexity index is 1000. The van der Waals surface area contributed by atoms with Crippen molar-refractivity contribution < 1.29 is 17.9 Å². The number of piperazine rings is 1. The number of carbonyl (C=O) groups excluding carboxylic acids is 1. The standard InChI is InChI=1S/C23H31N3O4S/c1-18(2)25-12-14-26(15-13-25)23(27)20-10-11-21(30-4)22(16-20)31(28,29)24(3)17-19-8-6-5-7-9-19/h5-11,16,18H,12-15,17H2,1-4H3. The number of amides is 1. The lowest BCUT2D eigenvalue weighted by atomic mass is 10.1. The van der Waals surface area contributed by atoms with Crippen molar-refractivity contribution in [3.05, 3.63) is 59.7 Å². The minimum absolute atomic E-state index is 0.0000903. The van der Waals surface area contributed by atoms with E-state index in [2.05, 4.69) is 18.7 Å². The first-order valence-electron chi connectivity index (χ1n) is 10.5. The lowest BCUT2D eigenvalue weighted by molar-refractivity contribution is 0.0595. The van der Waals surface area contributed by atoms with E-state index in [4.69, 9.17) is 4.74 Å². The number of ether oxygens (including phenoxy) is 1. The van der Waals surface area contributed by atoms with Crippen LogP contribution in [-0.2, 0) is 16.6 Å². The van der Waals surface area contributed by atoms with Gasteiger partial charge in [0.15, 0.2) is 0 Å². The molecule has 2 aromatic carbocycles. The zero-order chi connectivity index (χ0) is 22.6. The summed E-state index contributed by atoms with van der Waals surface area (Å²) in [6.07, 6.45) is 0. The molecule has 3 rings (SSSR count). The van der Waals surface area contributed by atoms with Gasteiger partial charge < -0.3 is 9.64 Å². The molecule has 0 radical (unpaired) electrons. The summed E-state index contributed by atoms with van der Waals surface area (Å²) >= 11 is 0. The lowest BCUT2D eigenvalue weighted by Gasteiger charge is -2.37. The van der Waals surface area contributed by atoms with E-state index in [9.17, 15) is 13.2 Å². The highest BCUT2D eigenvalue weighted by molar-refractivity contribution is 7.89. The third-order valence-corrected chi connectivity index (χ3v) is 7.50. The summed E-state index contributed by atoms with van der Waals surface area (Å²) in [6.45, 7) is 7.38. The van der Waals surface area contributed by atoms with Crippen molar-refractivity contribution in [1.29, 1.82) is 0 Å². The Morgan fingerprint density at radius 2 is 1.71 bits per heavy atom. The minimum Gasteiger partial charge on any atom is -0.495 e. The number of benzene rings is 2. The zero-order valence-electron chi connectivity index (χ0n) is 18.6. The maximum Gasteiger partial charge on any atom is 0.253 e. The fourth-order valence-electron chi connectivity index (χ4n) is 3.73. The molecule has 1 aliphatic heterocycles. The molecule has 2 aromatic rings. The van der Waals surface area contributed by atoms with Gasteiger partial charge in [-0.25, -0.2) is 8.42 Å². The molecule has 0 unspecified atom stereocenters. The van der Waals surface area contributed by atoms with Gasteiger partial charge in [0.25, 0.3) is 5.91 Å². The van der Waals surface area contributed by atoms with Crippen molar-refractivity contribution in [2.75, 3.05) is 40.3 Å². The second-order valence-corrected chi connectivity index (χ2v) is 10.0. The Labute approximate surface area is 185 Å². The maximum absolute atomic E-state index is 13.3. The molecule has 0 spiro atoms. The van der Waals surface area contributed by atoms with Crippen molar-refractivity contribution >= 4 is 15.9 Å². The Hall–Kier alpha value is -2.42. The van der Waals surface area contributed by atoms with E-state index in [1.807, 2.05) is 30.3 Å². The molecular formula is C23H31N3O4S. The summed E-state index contributed by atoms with van der Waals surface area (Å²) in [4.78, 5) is 17.2. The normalized spacial score (nSPS) is 15.5. The second-order valence-electron chi connectivity index (χ2n) is 8.03. The lowest BCUT2D eigenvalue weighted by Crippen LogP contribution is -2.50. The summed E-state index contributed by atoms with van der Waals surface area (Å²) in [5.41, 5.74) is 1.23. The van der Waals surface area contributed by atoms with E-state index >= 15 is 0 Å². The van der Waals surface area contributed by atoms with Crippen LogP contribution in [-0.4, -0.2) is 74.8 Å². The van der Waals surface area contributed by atoms with Crippen LogP contribution in [0.25, 0.3) is 0 Å². The van der Waals surface area contributed by atoms with Crippen molar-refractivity contribution in [2.45, 2.75) is 31.3 Å². The first-order valence-corrected chi connectivity index (χ1v) is 11.9. The van der Waals surface area contributed by atoms with E-state index < -0.39 is 10.0 Å². The van der Waals surface area contributed by atoms with E-state index in [0.29, 0.717) is 24.7 Å². The highest BCUT2D eigenvalue weighted by atomic mass is 32.2.